The molecule has 0 saturated heterocycles. The van der Waals surface area contributed by atoms with Crippen LogP contribution >= 0.6 is 11.8 Å². The lowest BCUT2D eigenvalue weighted by Crippen LogP contribution is -2.36. The van der Waals surface area contributed by atoms with Gasteiger partial charge in [0.15, 0.2) is 5.16 Å². The standard InChI is InChI=1S/C18H21N3O2S/c1-3-14-12(2)17(23)20-18(19-14)24-11-16(22)21-10-6-8-13-7-4-5-9-15(13)21/h4-5,7,9H,3,6,8,10-11H2,1-2H3,(H,19,20,23). The van der Waals surface area contributed by atoms with Gasteiger partial charge in [0.2, 0.25) is 5.91 Å². The lowest BCUT2D eigenvalue weighted by molar-refractivity contribution is -0.116. The molecule has 0 saturated carbocycles. The predicted octanol–water partition coefficient (Wildman–Crippen LogP) is 2.71. The van der Waals surface area contributed by atoms with Crippen LogP contribution in [0.15, 0.2) is 34.2 Å². The number of nitrogens with zero attached hydrogens (tertiary/aromatic N) is 2. The molecule has 0 atom stereocenters. The highest BCUT2D eigenvalue weighted by atomic mass is 32.2. The molecule has 1 aromatic heterocycles. The fourth-order valence-electron chi connectivity index (χ4n) is 2.97. The zero-order valence-corrected chi connectivity index (χ0v) is 14.8. The summed E-state index contributed by atoms with van der Waals surface area (Å²) in [4.78, 5) is 33.6. The third-order valence-electron chi connectivity index (χ3n) is 4.31. The van der Waals surface area contributed by atoms with Crippen LogP contribution in [0.4, 0.5) is 5.69 Å². The number of carbonyl (C=O) groups excluding carboxylic acids is 1. The molecule has 0 spiro atoms. The van der Waals surface area contributed by atoms with E-state index in [0.29, 0.717) is 17.1 Å². The second-order valence-corrected chi connectivity index (χ2v) is 6.83. The van der Waals surface area contributed by atoms with Gasteiger partial charge in [-0.2, -0.15) is 0 Å². The third kappa shape index (κ3) is 3.38. The Kier molecular flexibility index (Phi) is 5.04. The Morgan fingerprint density at radius 2 is 2.17 bits per heavy atom. The number of hydrogen-bond donors (Lipinski definition) is 1. The summed E-state index contributed by atoms with van der Waals surface area (Å²) in [6, 6.07) is 8.05. The molecule has 2 aromatic rings. The van der Waals surface area contributed by atoms with Gasteiger partial charge < -0.3 is 9.88 Å². The van der Waals surface area contributed by atoms with Crippen LogP contribution in [0.3, 0.4) is 0 Å². The van der Waals surface area contributed by atoms with E-state index in [1.807, 2.05) is 30.0 Å². The quantitative estimate of drug-likeness (QED) is 0.685. The van der Waals surface area contributed by atoms with E-state index >= 15 is 0 Å². The van der Waals surface area contributed by atoms with E-state index in [2.05, 4.69) is 16.0 Å². The number of carbonyl (C=O) groups is 1. The lowest BCUT2D eigenvalue weighted by Gasteiger charge is -2.29. The van der Waals surface area contributed by atoms with Gasteiger partial charge in [-0.3, -0.25) is 9.59 Å². The summed E-state index contributed by atoms with van der Waals surface area (Å²) in [5, 5.41) is 0.515. The first-order valence-electron chi connectivity index (χ1n) is 8.21. The number of anilines is 1. The SMILES string of the molecule is CCc1nc(SCC(=O)N2CCCc3ccccc32)[nH]c(=O)c1C. The lowest BCUT2D eigenvalue weighted by atomic mass is 10.0. The molecule has 3 rings (SSSR count). The summed E-state index contributed by atoms with van der Waals surface area (Å²) >= 11 is 1.29. The number of aromatic nitrogens is 2. The van der Waals surface area contributed by atoms with Gasteiger partial charge >= 0.3 is 0 Å². The van der Waals surface area contributed by atoms with Gasteiger partial charge in [0.1, 0.15) is 0 Å². The maximum Gasteiger partial charge on any atom is 0.254 e. The van der Waals surface area contributed by atoms with Crippen LogP contribution in [-0.2, 0) is 17.6 Å². The van der Waals surface area contributed by atoms with Crippen molar-refractivity contribution < 1.29 is 4.79 Å². The van der Waals surface area contributed by atoms with Crippen molar-refractivity contribution in [2.45, 2.75) is 38.3 Å². The summed E-state index contributed by atoms with van der Waals surface area (Å²) in [7, 11) is 0. The van der Waals surface area contributed by atoms with Crippen LogP contribution in [-0.4, -0.2) is 28.2 Å². The van der Waals surface area contributed by atoms with Crippen LogP contribution in [0.5, 0.6) is 0 Å². The van der Waals surface area contributed by atoms with E-state index in [4.69, 9.17) is 0 Å². The summed E-state index contributed by atoms with van der Waals surface area (Å²) in [5.41, 5.74) is 3.54. The first-order chi connectivity index (χ1) is 11.6. The van der Waals surface area contributed by atoms with Gasteiger partial charge in [-0.1, -0.05) is 36.9 Å². The number of amides is 1. The number of fused-ring (bicyclic) bond motifs is 1. The molecule has 1 aliphatic heterocycles. The van der Waals surface area contributed by atoms with Gasteiger partial charge in [-0.25, -0.2) is 4.98 Å². The van der Waals surface area contributed by atoms with Gasteiger partial charge in [-0.15, -0.1) is 0 Å². The number of para-hydroxylation sites is 1. The monoisotopic (exact) mass is 343 g/mol. The number of aryl methyl sites for hydroxylation is 2. The number of nitrogens with one attached hydrogen (secondary N) is 1. The highest BCUT2D eigenvalue weighted by molar-refractivity contribution is 7.99. The predicted molar refractivity (Wildman–Crippen MR) is 96.8 cm³/mol. The minimum atomic E-state index is -0.125. The number of thioether (sulfide) groups is 1. The first kappa shape index (κ1) is 16.8. The van der Waals surface area contributed by atoms with Crippen LogP contribution in [0, 0.1) is 6.92 Å². The van der Waals surface area contributed by atoms with E-state index in [1.54, 1.807) is 6.92 Å². The zero-order chi connectivity index (χ0) is 17.1. The molecular weight excluding hydrogens is 322 g/mol. The number of H-pyrrole nitrogens is 1. The Bertz CT molecular complexity index is 816. The van der Waals surface area contributed by atoms with Gasteiger partial charge in [0, 0.05) is 17.8 Å². The molecule has 1 aromatic carbocycles. The number of hydrogen-bond acceptors (Lipinski definition) is 4. The van der Waals surface area contributed by atoms with Crippen molar-refractivity contribution in [1.82, 2.24) is 9.97 Å². The summed E-state index contributed by atoms with van der Waals surface area (Å²) < 4.78 is 0. The Hall–Kier alpha value is -2.08. The minimum Gasteiger partial charge on any atom is -0.311 e. The maximum atomic E-state index is 12.6. The number of rotatable bonds is 4. The molecule has 0 fully saturated rings. The van der Waals surface area contributed by atoms with Crippen LogP contribution in [0.25, 0.3) is 0 Å². The highest BCUT2D eigenvalue weighted by Gasteiger charge is 2.22. The second kappa shape index (κ2) is 7.21. The van der Waals surface area contributed by atoms with Crippen molar-refractivity contribution in [3.05, 3.63) is 51.4 Å². The third-order valence-corrected chi connectivity index (χ3v) is 5.17. The molecule has 0 radical (unpaired) electrons. The summed E-state index contributed by atoms with van der Waals surface area (Å²) in [5.74, 6) is 0.317. The Balaban J connectivity index is 1.73. The zero-order valence-electron chi connectivity index (χ0n) is 14.0. The van der Waals surface area contributed by atoms with Crippen molar-refractivity contribution in [3.8, 4) is 0 Å². The summed E-state index contributed by atoms with van der Waals surface area (Å²) in [6.45, 7) is 4.49. The van der Waals surface area contributed by atoms with Crippen LogP contribution in [0.2, 0.25) is 0 Å². The van der Waals surface area contributed by atoms with Crippen LogP contribution < -0.4 is 10.5 Å². The van der Waals surface area contributed by atoms with E-state index in [0.717, 1.165) is 30.8 Å². The van der Waals surface area contributed by atoms with Crippen molar-refractivity contribution in [2.75, 3.05) is 17.2 Å². The average molecular weight is 343 g/mol. The molecule has 1 aliphatic rings. The second-order valence-electron chi connectivity index (χ2n) is 5.86. The topological polar surface area (TPSA) is 66.1 Å². The Labute approximate surface area is 145 Å². The normalized spacial score (nSPS) is 13.7. The van der Waals surface area contributed by atoms with Crippen molar-refractivity contribution in [2.24, 2.45) is 0 Å². The molecule has 126 valence electrons. The van der Waals surface area contributed by atoms with Crippen molar-refractivity contribution in [1.29, 1.82) is 0 Å². The van der Waals surface area contributed by atoms with Crippen molar-refractivity contribution in [3.63, 3.8) is 0 Å². The van der Waals surface area contributed by atoms with Crippen molar-refractivity contribution >= 4 is 23.4 Å². The summed E-state index contributed by atoms with van der Waals surface area (Å²) in [6.07, 6.45) is 2.70. The van der Waals surface area contributed by atoms with Gasteiger partial charge in [0.05, 0.1) is 11.4 Å². The average Bonchev–Trinajstić information content (AvgIpc) is 2.61. The smallest absolute Gasteiger partial charge is 0.254 e. The molecule has 1 amide bonds. The highest BCUT2D eigenvalue weighted by Crippen LogP contribution is 2.27. The molecule has 24 heavy (non-hydrogen) atoms. The number of aromatic amines is 1. The molecule has 0 bridgehead atoms. The minimum absolute atomic E-state index is 0.0495. The van der Waals surface area contributed by atoms with E-state index < -0.39 is 0 Å². The number of benzene rings is 1. The van der Waals surface area contributed by atoms with Crippen LogP contribution in [0.1, 0.15) is 30.2 Å². The largest absolute Gasteiger partial charge is 0.311 e. The molecular formula is C18H21N3O2S. The van der Waals surface area contributed by atoms with E-state index in [-0.39, 0.29) is 17.2 Å². The Morgan fingerprint density at radius 1 is 1.38 bits per heavy atom. The Morgan fingerprint density at radius 3 is 2.96 bits per heavy atom. The fraction of sp³-hybridized carbons (Fsp3) is 0.389. The van der Waals surface area contributed by atoms with E-state index in [9.17, 15) is 9.59 Å². The van der Waals surface area contributed by atoms with Gasteiger partial charge in [-0.05, 0) is 37.8 Å². The maximum absolute atomic E-state index is 12.6. The van der Waals surface area contributed by atoms with E-state index in [1.165, 1.54) is 17.3 Å². The fourth-order valence-corrected chi connectivity index (χ4v) is 3.73. The molecule has 0 aliphatic carbocycles. The molecule has 6 heteroatoms. The molecule has 1 N–H and O–H groups in total. The molecule has 5 nitrogen and oxygen atoms in total. The van der Waals surface area contributed by atoms with Gasteiger partial charge in [0.25, 0.3) is 5.56 Å². The molecule has 2 heterocycles. The first-order valence-corrected chi connectivity index (χ1v) is 9.19. The molecule has 0 unspecified atom stereocenters.